The molecule has 1 saturated heterocycles. The van der Waals surface area contributed by atoms with Crippen LogP contribution in [0.4, 0.5) is 4.79 Å². The van der Waals surface area contributed by atoms with E-state index in [0.29, 0.717) is 31.0 Å². The molecule has 2 aliphatic heterocycles. The van der Waals surface area contributed by atoms with Gasteiger partial charge in [0.25, 0.3) is 5.91 Å². The zero-order valence-corrected chi connectivity index (χ0v) is 18.8. The van der Waals surface area contributed by atoms with Crippen molar-refractivity contribution in [3.8, 4) is 11.5 Å². The summed E-state index contributed by atoms with van der Waals surface area (Å²) >= 11 is 0. The van der Waals surface area contributed by atoms with Crippen molar-refractivity contribution < 1.29 is 23.8 Å². The van der Waals surface area contributed by atoms with Crippen LogP contribution in [0.3, 0.4) is 0 Å². The van der Waals surface area contributed by atoms with Crippen molar-refractivity contribution in [1.82, 2.24) is 4.90 Å². The summed E-state index contributed by atoms with van der Waals surface area (Å²) in [6.07, 6.45) is 1.25. The maximum atomic E-state index is 12.7. The first-order chi connectivity index (χ1) is 15.2. The van der Waals surface area contributed by atoms with E-state index in [1.807, 2.05) is 57.2 Å². The fraction of sp³-hybridized carbons (Fsp3) is 0.400. The zero-order chi connectivity index (χ0) is 22.9. The average Bonchev–Trinajstić information content (AvgIpc) is 3.35. The van der Waals surface area contributed by atoms with Gasteiger partial charge in [-0.25, -0.2) is 9.79 Å². The molecule has 7 nitrogen and oxygen atoms in total. The van der Waals surface area contributed by atoms with Gasteiger partial charge in [-0.05, 0) is 56.7 Å². The Morgan fingerprint density at radius 3 is 2.50 bits per heavy atom. The van der Waals surface area contributed by atoms with Gasteiger partial charge in [-0.15, -0.1) is 0 Å². The normalized spacial score (nSPS) is 19.8. The van der Waals surface area contributed by atoms with Gasteiger partial charge in [0.15, 0.2) is 0 Å². The lowest BCUT2D eigenvalue weighted by molar-refractivity contribution is 0.0283. The van der Waals surface area contributed by atoms with Crippen LogP contribution >= 0.6 is 0 Å². The second kappa shape index (κ2) is 8.65. The Labute approximate surface area is 188 Å². The van der Waals surface area contributed by atoms with Crippen molar-refractivity contribution in [3.63, 3.8) is 0 Å². The first kappa shape index (κ1) is 21.9. The number of hydrogen-bond acceptors (Lipinski definition) is 5. The summed E-state index contributed by atoms with van der Waals surface area (Å²) in [5.41, 5.74) is 1.91. The van der Waals surface area contributed by atoms with Crippen LogP contribution in [-0.4, -0.2) is 55.5 Å². The highest BCUT2D eigenvalue weighted by molar-refractivity contribution is 6.13. The van der Waals surface area contributed by atoms with Crippen molar-refractivity contribution in [2.24, 2.45) is 10.9 Å². The van der Waals surface area contributed by atoms with E-state index < -0.39 is 5.60 Å². The number of methoxy groups -OCH3 is 1. The van der Waals surface area contributed by atoms with E-state index in [0.717, 1.165) is 16.9 Å². The maximum absolute atomic E-state index is 12.7. The van der Waals surface area contributed by atoms with E-state index in [1.165, 1.54) is 0 Å². The summed E-state index contributed by atoms with van der Waals surface area (Å²) in [6.45, 7) is 7.07. The van der Waals surface area contributed by atoms with E-state index in [1.54, 1.807) is 24.3 Å². The number of rotatable bonds is 5. The third-order valence-corrected chi connectivity index (χ3v) is 5.68. The third kappa shape index (κ3) is 4.77. The smallest absolute Gasteiger partial charge is 0.410 e. The number of benzene rings is 2. The van der Waals surface area contributed by atoms with Crippen molar-refractivity contribution >= 4 is 18.2 Å². The van der Waals surface area contributed by atoms with Crippen LogP contribution in [0, 0.1) is 5.92 Å². The lowest BCUT2D eigenvalue weighted by Gasteiger charge is -2.24. The minimum absolute atomic E-state index is 0.0659. The molecule has 0 aromatic heterocycles. The van der Waals surface area contributed by atoms with Crippen LogP contribution in [0.15, 0.2) is 47.5 Å². The summed E-state index contributed by atoms with van der Waals surface area (Å²) in [5, 5.41) is 0. The first-order valence-corrected chi connectivity index (χ1v) is 10.7. The predicted molar refractivity (Wildman–Crippen MR) is 121 cm³/mol. The topological polar surface area (TPSA) is 77.4 Å². The molecule has 0 aliphatic carbocycles. The highest BCUT2D eigenvalue weighted by Crippen LogP contribution is 2.35. The molecular weight excluding hydrogens is 408 g/mol. The molecule has 2 amide bonds. The summed E-state index contributed by atoms with van der Waals surface area (Å²) in [7, 11) is 1.64. The molecule has 0 radical (unpaired) electrons. The number of fused-ring (bicyclic) bond motifs is 1. The van der Waals surface area contributed by atoms with Gasteiger partial charge in [0.1, 0.15) is 17.1 Å². The zero-order valence-electron chi connectivity index (χ0n) is 18.8. The second-order valence-corrected chi connectivity index (χ2v) is 9.15. The van der Waals surface area contributed by atoms with E-state index >= 15 is 0 Å². The van der Waals surface area contributed by atoms with Gasteiger partial charge < -0.3 is 19.1 Å². The molecule has 4 rings (SSSR count). The standard InChI is InChI=1S/C25H28N2O5/c1-25(2,3)32-24(29)27-13-18(22(14-27)16-5-8-19(30-4)9-6-16)15-31-20-10-7-17-12-26-23(28)21(17)11-20/h5-12,18,22H,13-15H2,1-4H3/t18-,22-/m1/s1. The summed E-state index contributed by atoms with van der Waals surface area (Å²) in [5.74, 6) is 1.31. The van der Waals surface area contributed by atoms with Crippen LogP contribution in [-0.2, 0) is 4.74 Å². The molecule has 2 aliphatic rings. The monoisotopic (exact) mass is 436 g/mol. The SMILES string of the molecule is COc1ccc([C@H]2CN(C(=O)OC(C)(C)C)C[C@@H]2COc2ccc3c(c2)C(=O)N=C3)cc1. The largest absolute Gasteiger partial charge is 0.497 e. The quantitative estimate of drug-likeness (QED) is 0.699. The Morgan fingerprint density at radius 1 is 1.09 bits per heavy atom. The average molecular weight is 437 g/mol. The minimum atomic E-state index is -0.555. The molecule has 2 aromatic carbocycles. The van der Waals surface area contributed by atoms with E-state index in [2.05, 4.69) is 4.99 Å². The van der Waals surface area contributed by atoms with Gasteiger partial charge in [-0.3, -0.25) is 4.79 Å². The Hall–Kier alpha value is -3.35. The molecule has 2 aromatic rings. The van der Waals surface area contributed by atoms with Gasteiger partial charge in [0, 0.05) is 36.7 Å². The van der Waals surface area contributed by atoms with Crippen molar-refractivity contribution in [1.29, 1.82) is 0 Å². The highest BCUT2D eigenvalue weighted by Gasteiger charge is 2.38. The highest BCUT2D eigenvalue weighted by atomic mass is 16.6. The maximum Gasteiger partial charge on any atom is 0.410 e. The summed E-state index contributed by atoms with van der Waals surface area (Å²) < 4.78 is 16.9. The van der Waals surface area contributed by atoms with Crippen LogP contribution in [0.1, 0.15) is 48.2 Å². The third-order valence-electron chi connectivity index (χ3n) is 5.68. The van der Waals surface area contributed by atoms with Crippen LogP contribution in [0.25, 0.3) is 0 Å². The minimum Gasteiger partial charge on any atom is -0.497 e. The number of nitrogens with zero attached hydrogens (tertiary/aromatic N) is 2. The second-order valence-electron chi connectivity index (χ2n) is 9.15. The van der Waals surface area contributed by atoms with E-state index in [-0.39, 0.29) is 23.8 Å². The van der Waals surface area contributed by atoms with Gasteiger partial charge in [0.05, 0.1) is 19.3 Å². The molecule has 7 heteroatoms. The molecule has 2 atom stereocenters. The summed E-state index contributed by atoms with van der Waals surface area (Å²) in [4.78, 5) is 30.2. The number of ether oxygens (including phenoxy) is 3. The Kier molecular flexibility index (Phi) is 5.91. The molecule has 2 heterocycles. The van der Waals surface area contributed by atoms with E-state index in [4.69, 9.17) is 14.2 Å². The van der Waals surface area contributed by atoms with Crippen LogP contribution in [0.5, 0.6) is 11.5 Å². The van der Waals surface area contributed by atoms with Crippen LogP contribution < -0.4 is 9.47 Å². The summed E-state index contributed by atoms with van der Waals surface area (Å²) in [6, 6.07) is 13.3. The fourth-order valence-electron chi connectivity index (χ4n) is 4.07. The Morgan fingerprint density at radius 2 is 1.81 bits per heavy atom. The molecular formula is C25H28N2O5. The molecule has 0 bridgehead atoms. The van der Waals surface area contributed by atoms with Gasteiger partial charge in [-0.2, -0.15) is 0 Å². The van der Waals surface area contributed by atoms with Crippen molar-refractivity contribution in [3.05, 3.63) is 59.2 Å². The van der Waals surface area contributed by atoms with Gasteiger partial charge >= 0.3 is 6.09 Å². The van der Waals surface area contributed by atoms with E-state index in [9.17, 15) is 9.59 Å². The molecule has 32 heavy (non-hydrogen) atoms. The van der Waals surface area contributed by atoms with Gasteiger partial charge in [-0.1, -0.05) is 12.1 Å². The lowest BCUT2D eigenvalue weighted by Crippen LogP contribution is -2.35. The number of hydrogen-bond donors (Lipinski definition) is 0. The number of carbonyl (C=O) groups excluding carboxylic acids is 2. The molecule has 1 fully saturated rings. The predicted octanol–water partition coefficient (Wildman–Crippen LogP) is 4.30. The lowest BCUT2D eigenvalue weighted by atomic mass is 9.89. The number of likely N-dealkylation sites (tertiary alicyclic amines) is 1. The van der Waals surface area contributed by atoms with Gasteiger partial charge in [0.2, 0.25) is 0 Å². The van der Waals surface area contributed by atoms with Crippen LogP contribution in [0.2, 0.25) is 0 Å². The van der Waals surface area contributed by atoms with Crippen molar-refractivity contribution in [2.45, 2.75) is 32.3 Å². The Bertz CT molecular complexity index is 1040. The first-order valence-electron chi connectivity index (χ1n) is 10.7. The molecule has 0 saturated carbocycles. The molecule has 168 valence electrons. The number of amides is 2. The number of aliphatic imine (C=N–C) groups is 1. The fourth-order valence-corrected chi connectivity index (χ4v) is 4.07. The Balaban J connectivity index is 1.50. The van der Waals surface area contributed by atoms with Crippen molar-refractivity contribution in [2.75, 3.05) is 26.8 Å². The number of carbonyl (C=O) groups is 2. The molecule has 0 spiro atoms. The molecule has 0 unspecified atom stereocenters. The molecule has 0 N–H and O–H groups in total.